The number of aromatic amines is 1. The van der Waals surface area contributed by atoms with E-state index in [2.05, 4.69) is 33.5 Å². The number of benzene rings is 1. The van der Waals surface area contributed by atoms with Gasteiger partial charge < -0.3 is 14.5 Å². The monoisotopic (exact) mass is 394 g/mol. The standard InChI is InChI=1S/C20H22N6OS/c21-28-27-12-13-4-5-14(10-13)24-19-7-9-23-20-11-18(25-26(19)20)15-2-1-3-17-16(15)6-8-22-17/h1-3,6-9,11,13-14,22,24H,4-5,10,12,21H2. The molecule has 144 valence electrons. The molecular weight excluding hydrogens is 372 g/mol. The lowest BCUT2D eigenvalue weighted by atomic mass is 10.1. The molecule has 1 aromatic carbocycles. The minimum absolute atomic E-state index is 0.405. The third-order valence-electron chi connectivity index (χ3n) is 5.49. The summed E-state index contributed by atoms with van der Waals surface area (Å²) in [7, 11) is 0. The first kappa shape index (κ1) is 17.5. The first-order valence-electron chi connectivity index (χ1n) is 9.48. The Labute approximate surface area is 167 Å². The van der Waals surface area contributed by atoms with Crippen LogP contribution in [-0.4, -0.2) is 32.2 Å². The maximum atomic E-state index is 5.36. The molecule has 1 aliphatic rings. The highest BCUT2D eigenvalue weighted by molar-refractivity contribution is 7.92. The molecule has 0 aliphatic heterocycles. The zero-order valence-electron chi connectivity index (χ0n) is 15.3. The number of rotatable bonds is 6. The molecule has 0 radical (unpaired) electrons. The molecule has 3 aromatic heterocycles. The number of nitrogens with zero attached hydrogens (tertiary/aromatic N) is 3. The Morgan fingerprint density at radius 3 is 3.18 bits per heavy atom. The molecule has 0 spiro atoms. The Morgan fingerprint density at radius 1 is 1.29 bits per heavy atom. The van der Waals surface area contributed by atoms with Gasteiger partial charge in [0.2, 0.25) is 0 Å². The molecule has 2 unspecified atom stereocenters. The molecule has 1 fully saturated rings. The summed E-state index contributed by atoms with van der Waals surface area (Å²) in [5.41, 5.74) is 3.97. The molecule has 4 N–H and O–H groups in total. The summed E-state index contributed by atoms with van der Waals surface area (Å²) in [4.78, 5) is 7.76. The van der Waals surface area contributed by atoms with Gasteiger partial charge in [0.05, 0.1) is 24.5 Å². The van der Waals surface area contributed by atoms with Crippen LogP contribution in [0.4, 0.5) is 5.82 Å². The molecule has 2 atom stereocenters. The van der Waals surface area contributed by atoms with Crippen molar-refractivity contribution in [2.24, 2.45) is 11.1 Å². The lowest BCUT2D eigenvalue weighted by Gasteiger charge is -2.15. The smallest absolute Gasteiger partial charge is 0.157 e. The fourth-order valence-electron chi connectivity index (χ4n) is 4.15. The number of nitrogens with two attached hydrogens (primary N) is 1. The SMILES string of the molecule is NSOCC1CCC(Nc2ccnc3cc(-c4cccc5[nH]ccc45)nn23)C1. The van der Waals surface area contributed by atoms with Gasteiger partial charge in [-0.15, -0.1) is 0 Å². The van der Waals surface area contributed by atoms with E-state index in [1.165, 1.54) is 0 Å². The van der Waals surface area contributed by atoms with Crippen molar-refractivity contribution in [2.75, 3.05) is 11.9 Å². The highest BCUT2D eigenvalue weighted by Gasteiger charge is 2.25. The van der Waals surface area contributed by atoms with E-state index < -0.39 is 0 Å². The van der Waals surface area contributed by atoms with E-state index in [4.69, 9.17) is 14.4 Å². The van der Waals surface area contributed by atoms with Crippen molar-refractivity contribution in [2.45, 2.75) is 25.3 Å². The highest BCUT2D eigenvalue weighted by atomic mass is 32.2. The van der Waals surface area contributed by atoms with E-state index in [0.29, 0.717) is 18.6 Å². The van der Waals surface area contributed by atoms with Crippen LogP contribution >= 0.6 is 12.2 Å². The molecule has 7 nitrogen and oxygen atoms in total. The van der Waals surface area contributed by atoms with Crippen molar-refractivity contribution in [1.29, 1.82) is 0 Å². The Kier molecular flexibility index (Phi) is 4.67. The number of hydrogen-bond acceptors (Lipinski definition) is 6. The van der Waals surface area contributed by atoms with E-state index in [1.54, 1.807) is 0 Å². The number of nitrogens with one attached hydrogen (secondary N) is 2. The molecule has 3 heterocycles. The average Bonchev–Trinajstić information content (AvgIpc) is 3.45. The Hall–Kier alpha value is -2.55. The summed E-state index contributed by atoms with van der Waals surface area (Å²) in [6.07, 6.45) is 7.12. The lowest BCUT2D eigenvalue weighted by Crippen LogP contribution is -2.18. The van der Waals surface area contributed by atoms with E-state index in [9.17, 15) is 0 Å². The summed E-state index contributed by atoms with van der Waals surface area (Å²) in [6, 6.07) is 12.7. The molecule has 8 heteroatoms. The molecule has 4 aromatic rings. The fraction of sp³-hybridized carbons (Fsp3) is 0.300. The van der Waals surface area contributed by atoms with Crippen molar-refractivity contribution in [3.05, 3.63) is 48.8 Å². The van der Waals surface area contributed by atoms with Gasteiger partial charge in [-0.3, -0.25) is 5.14 Å². The average molecular weight is 395 g/mol. The van der Waals surface area contributed by atoms with Crippen LogP contribution in [-0.2, 0) is 4.18 Å². The first-order chi connectivity index (χ1) is 13.8. The summed E-state index contributed by atoms with van der Waals surface area (Å²) in [6.45, 7) is 0.706. The van der Waals surface area contributed by atoms with Crippen molar-refractivity contribution in [1.82, 2.24) is 19.6 Å². The lowest BCUT2D eigenvalue weighted by molar-refractivity contribution is 0.290. The van der Waals surface area contributed by atoms with E-state index in [0.717, 1.165) is 65.1 Å². The maximum absolute atomic E-state index is 5.36. The largest absolute Gasteiger partial charge is 0.367 e. The first-order valence-corrected chi connectivity index (χ1v) is 10.3. The Morgan fingerprint density at radius 2 is 2.25 bits per heavy atom. The van der Waals surface area contributed by atoms with Crippen LogP contribution in [0, 0.1) is 5.92 Å². The van der Waals surface area contributed by atoms with Crippen LogP contribution in [0.15, 0.2) is 48.8 Å². The van der Waals surface area contributed by atoms with Gasteiger partial charge in [0, 0.05) is 41.0 Å². The quantitative estimate of drug-likeness (QED) is 0.338. The normalized spacial score (nSPS) is 19.6. The van der Waals surface area contributed by atoms with Gasteiger partial charge in [-0.25, -0.2) is 4.98 Å². The second kappa shape index (κ2) is 7.46. The van der Waals surface area contributed by atoms with Gasteiger partial charge in [0.15, 0.2) is 5.65 Å². The van der Waals surface area contributed by atoms with Crippen molar-refractivity contribution >= 4 is 34.6 Å². The van der Waals surface area contributed by atoms with Crippen LogP contribution in [0.5, 0.6) is 0 Å². The van der Waals surface area contributed by atoms with E-state index in [1.807, 2.05) is 35.1 Å². The van der Waals surface area contributed by atoms with Crippen LogP contribution in [0.1, 0.15) is 19.3 Å². The van der Waals surface area contributed by atoms with Crippen LogP contribution < -0.4 is 10.5 Å². The van der Waals surface area contributed by atoms with Gasteiger partial charge in [-0.05, 0) is 43.4 Å². The molecule has 1 saturated carbocycles. The molecule has 1 aliphatic carbocycles. The van der Waals surface area contributed by atoms with Crippen molar-refractivity contribution < 1.29 is 4.18 Å². The number of anilines is 1. The van der Waals surface area contributed by atoms with E-state index >= 15 is 0 Å². The molecule has 5 rings (SSSR count). The van der Waals surface area contributed by atoms with Gasteiger partial charge in [0.1, 0.15) is 5.82 Å². The molecule has 0 bridgehead atoms. The second-order valence-electron chi connectivity index (χ2n) is 7.28. The van der Waals surface area contributed by atoms with Crippen molar-refractivity contribution in [3.63, 3.8) is 0 Å². The Balaban J connectivity index is 1.43. The zero-order chi connectivity index (χ0) is 18.9. The molecule has 28 heavy (non-hydrogen) atoms. The molecule has 0 amide bonds. The fourth-order valence-corrected chi connectivity index (χ4v) is 4.42. The number of fused-ring (bicyclic) bond motifs is 2. The third kappa shape index (κ3) is 3.23. The van der Waals surface area contributed by atoms with Gasteiger partial charge in [-0.2, -0.15) is 9.61 Å². The topological polar surface area (TPSA) is 93.3 Å². The number of aromatic nitrogens is 4. The zero-order valence-corrected chi connectivity index (χ0v) is 16.2. The van der Waals surface area contributed by atoms with Gasteiger partial charge >= 0.3 is 0 Å². The predicted molar refractivity (Wildman–Crippen MR) is 113 cm³/mol. The minimum atomic E-state index is 0.405. The third-order valence-corrected chi connectivity index (χ3v) is 5.77. The molecular formula is C20H22N6OS. The molecule has 0 saturated heterocycles. The second-order valence-corrected chi connectivity index (χ2v) is 7.70. The summed E-state index contributed by atoms with van der Waals surface area (Å²) in [5, 5.41) is 15.0. The van der Waals surface area contributed by atoms with E-state index in [-0.39, 0.29) is 0 Å². The van der Waals surface area contributed by atoms with Gasteiger partial charge in [0.25, 0.3) is 0 Å². The van der Waals surface area contributed by atoms with Gasteiger partial charge in [-0.1, -0.05) is 12.1 Å². The maximum Gasteiger partial charge on any atom is 0.157 e. The number of H-pyrrole nitrogens is 1. The number of hydrogen-bond donors (Lipinski definition) is 3. The summed E-state index contributed by atoms with van der Waals surface area (Å²) >= 11 is 0.953. The minimum Gasteiger partial charge on any atom is -0.367 e. The summed E-state index contributed by atoms with van der Waals surface area (Å²) < 4.78 is 7.21. The highest BCUT2D eigenvalue weighted by Crippen LogP contribution is 2.31. The predicted octanol–water partition coefficient (Wildman–Crippen LogP) is 4.00. The Bertz CT molecular complexity index is 1110. The van der Waals surface area contributed by atoms with Crippen molar-refractivity contribution in [3.8, 4) is 11.3 Å². The van der Waals surface area contributed by atoms with Crippen LogP contribution in [0.25, 0.3) is 27.8 Å². The van der Waals surface area contributed by atoms with Crippen LogP contribution in [0.2, 0.25) is 0 Å². The summed E-state index contributed by atoms with van der Waals surface area (Å²) in [5.74, 6) is 1.52. The van der Waals surface area contributed by atoms with Crippen LogP contribution in [0.3, 0.4) is 0 Å².